The van der Waals surface area contributed by atoms with Crippen LogP contribution in [0.4, 0.5) is 0 Å². The summed E-state index contributed by atoms with van der Waals surface area (Å²) in [6.07, 6.45) is 0. The van der Waals surface area contributed by atoms with Crippen LogP contribution in [0.3, 0.4) is 0 Å². The van der Waals surface area contributed by atoms with E-state index < -0.39 is 0 Å². The monoisotopic (exact) mass is 282 g/mol. The molecule has 0 saturated heterocycles. The third kappa shape index (κ3) is 6.07. The van der Waals surface area contributed by atoms with E-state index in [1.165, 1.54) is 4.88 Å². The maximum Gasteiger partial charge on any atom is 0.0331 e. The Morgan fingerprint density at radius 2 is 1.95 bits per heavy atom. The Hall–Kier alpha value is -0.380. The van der Waals surface area contributed by atoms with Gasteiger partial charge in [-0.3, -0.25) is 4.90 Å². The van der Waals surface area contributed by atoms with E-state index >= 15 is 0 Å². The van der Waals surface area contributed by atoms with E-state index in [-0.39, 0.29) is 0 Å². The Balaban J connectivity index is 2.55. The lowest BCUT2D eigenvalue weighted by atomic mass is 10.0. The van der Waals surface area contributed by atoms with Crippen LogP contribution in [0, 0.1) is 11.8 Å². The van der Waals surface area contributed by atoms with E-state index in [1.54, 1.807) is 0 Å². The van der Waals surface area contributed by atoms with Crippen molar-refractivity contribution < 1.29 is 0 Å². The van der Waals surface area contributed by atoms with E-state index in [4.69, 9.17) is 0 Å². The normalized spacial score (nSPS) is 13.7. The third-order valence-corrected chi connectivity index (χ3v) is 4.35. The summed E-state index contributed by atoms with van der Waals surface area (Å²) in [5, 5.41) is 5.79. The molecule has 1 atom stereocenters. The molecule has 0 saturated carbocycles. The molecule has 110 valence electrons. The Labute approximate surface area is 123 Å². The number of thiophene rings is 1. The number of nitrogens with zero attached hydrogens (tertiary/aromatic N) is 1. The van der Waals surface area contributed by atoms with Gasteiger partial charge in [-0.15, -0.1) is 11.3 Å². The van der Waals surface area contributed by atoms with Gasteiger partial charge < -0.3 is 5.32 Å². The van der Waals surface area contributed by atoms with Gasteiger partial charge >= 0.3 is 0 Å². The topological polar surface area (TPSA) is 15.3 Å². The molecule has 0 spiro atoms. The van der Waals surface area contributed by atoms with Gasteiger partial charge in [0.15, 0.2) is 0 Å². The Bertz CT molecular complexity index is 319. The molecular formula is C16H30N2S. The van der Waals surface area contributed by atoms with Crippen molar-refractivity contribution in [1.82, 2.24) is 10.2 Å². The molecule has 19 heavy (non-hydrogen) atoms. The maximum absolute atomic E-state index is 3.62. The molecule has 1 rings (SSSR count). The van der Waals surface area contributed by atoms with Crippen molar-refractivity contribution in [3.63, 3.8) is 0 Å². The van der Waals surface area contributed by atoms with Crippen LogP contribution in [0.25, 0.3) is 0 Å². The number of rotatable bonds is 9. The molecule has 2 nitrogen and oxygen atoms in total. The molecular weight excluding hydrogens is 252 g/mol. The highest BCUT2D eigenvalue weighted by Crippen LogP contribution is 2.17. The Morgan fingerprint density at radius 1 is 1.21 bits per heavy atom. The minimum absolute atomic E-state index is 0.617. The van der Waals surface area contributed by atoms with Crippen LogP contribution in [0.5, 0.6) is 0 Å². The molecule has 1 aromatic heterocycles. The van der Waals surface area contributed by atoms with E-state index in [0.29, 0.717) is 12.0 Å². The lowest BCUT2D eigenvalue weighted by Crippen LogP contribution is -2.45. The minimum atomic E-state index is 0.617. The minimum Gasteiger partial charge on any atom is -0.315 e. The maximum atomic E-state index is 3.62. The van der Waals surface area contributed by atoms with Gasteiger partial charge in [-0.25, -0.2) is 0 Å². The van der Waals surface area contributed by atoms with Gasteiger partial charge in [-0.1, -0.05) is 40.7 Å². The van der Waals surface area contributed by atoms with Crippen LogP contribution in [0.1, 0.15) is 39.5 Å². The molecule has 1 aromatic rings. The molecule has 1 N–H and O–H groups in total. The fourth-order valence-electron chi connectivity index (χ4n) is 2.37. The molecule has 1 heterocycles. The van der Waals surface area contributed by atoms with Crippen molar-refractivity contribution in [2.45, 2.75) is 47.2 Å². The Kier molecular flexibility index (Phi) is 7.66. The standard InChI is InChI=1S/C16H30N2S/c1-6-18(12-15-8-7-9-19-15)16(14(4)5)11-17-10-13(2)3/h7-9,13-14,16-17H,6,10-12H2,1-5H3. The van der Waals surface area contributed by atoms with Crippen LogP contribution in [-0.4, -0.2) is 30.6 Å². The summed E-state index contributed by atoms with van der Waals surface area (Å²) in [4.78, 5) is 4.07. The zero-order valence-electron chi connectivity index (χ0n) is 13.1. The summed E-state index contributed by atoms with van der Waals surface area (Å²) in [6.45, 7) is 15.9. The van der Waals surface area contributed by atoms with Crippen molar-refractivity contribution in [3.05, 3.63) is 22.4 Å². The summed E-state index contributed by atoms with van der Waals surface area (Å²) >= 11 is 1.86. The molecule has 0 fully saturated rings. The van der Waals surface area contributed by atoms with Crippen LogP contribution >= 0.6 is 11.3 Å². The molecule has 0 aromatic carbocycles. The van der Waals surface area contributed by atoms with Crippen LogP contribution in [0.2, 0.25) is 0 Å². The number of hydrogen-bond acceptors (Lipinski definition) is 3. The van der Waals surface area contributed by atoms with Gasteiger partial charge in [-0.2, -0.15) is 0 Å². The fraction of sp³-hybridized carbons (Fsp3) is 0.750. The number of likely N-dealkylation sites (N-methyl/N-ethyl adjacent to an activating group) is 1. The SMILES string of the molecule is CCN(Cc1cccs1)C(CNCC(C)C)C(C)C. The lowest BCUT2D eigenvalue weighted by molar-refractivity contribution is 0.151. The highest BCUT2D eigenvalue weighted by molar-refractivity contribution is 7.09. The van der Waals surface area contributed by atoms with Crippen molar-refractivity contribution in [2.24, 2.45) is 11.8 Å². The predicted molar refractivity (Wildman–Crippen MR) is 86.7 cm³/mol. The van der Waals surface area contributed by atoms with Crippen molar-refractivity contribution >= 4 is 11.3 Å². The molecule has 0 aliphatic carbocycles. The summed E-state index contributed by atoms with van der Waals surface area (Å²) in [6, 6.07) is 5.01. The predicted octanol–water partition coefficient (Wildman–Crippen LogP) is 3.84. The third-order valence-electron chi connectivity index (χ3n) is 3.49. The quantitative estimate of drug-likeness (QED) is 0.740. The summed E-state index contributed by atoms with van der Waals surface area (Å²) in [5.74, 6) is 1.40. The largest absolute Gasteiger partial charge is 0.315 e. The second-order valence-corrected chi connectivity index (χ2v) is 7.04. The first kappa shape index (κ1) is 16.7. The highest BCUT2D eigenvalue weighted by atomic mass is 32.1. The van der Waals surface area contributed by atoms with E-state index in [9.17, 15) is 0 Å². The first-order chi connectivity index (χ1) is 9.04. The van der Waals surface area contributed by atoms with E-state index in [1.807, 2.05) is 11.3 Å². The van der Waals surface area contributed by atoms with Gasteiger partial charge in [0, 0.05) is 24.0 Å². The highest BCUT2D eigenvalue weighted by Gasteiger charge is 2.20. The van der Waals surface area contributed by atoms with Crippen molar-refractivity contribution in [2.75, 3.05) is 19.6 Å². The average Bonchev–Trinajstić information content (AvgIpc) is 2.84. The molecule has 0 radical (unpaired) electrons. The van der Waals surface area contributed by atoms with Crippen LogP contribution in [0.15, 0.2) is 17.5 Å². The van der Waals surface area contributed by atoms with Crippen LogP contribution in [-0.2, 0) is 6.54 Å². The summed E-state index contributed by atoms with van der Waals surface area (Å²) in [5.41, 5.74) is 0. The van der Waals surface area contributed by atoms with E-state index in [2.05, 4.69) is 62.3 Å². The van der Waals surface area contributed by atoms with Gasteiger partial charge in [0.2, 0.25) is 0 Å². The molecule has 0 amide bonds. The van der Waals surface area contributed by atoms with Gasteiger partial charge in [0.1, 0.15) is 0 Å². The van der Waals surface area contributed by atoms with Gasteiger partial charge in [0.05, 0.1) is 0 Å². The second-order valence-electron chi connectivity index (χ2n) is 6.01. The lowest BCUT2D eigenvalue weighted by Gasteiger charge is -2.34. The fourth-order valence-corrected chi connectivity index (χ4v) is 3.10. The summed E-state index contributed by atoms with van der Waals surface area (Å²) in [7, 11) is 0. The van der Waals surface area contributed by atoms with Crippen LogP contribution < -0.4 is 5.32 Å². The number of hydrogen-bond donors (Lipinski definition) is 1. The molecule has 0 bridgehead atoms. The Morgan fingerprint density at radius 3 is 2.42 bits per heavy atom. The van der Waals surface area contributed by atoms with Gasteiger partial charge in [0.25, 0.3) is 0 Å². The first-order valence-electron chi connectivity index (χ1n) is 7.51. The average molecular weight is 282 g/mol. The smallest absolute Gasteiger partial charge is 0.0331 e. The summed E-state index contributed by atoms with van der Waals surface area (Å²) < 4.78 is 0. The molecule has 0 aliphatic heterocycles. The van der Waals surface area contributed by atoms with Crippen molar-refractivity contribution in [1.29, 1.82) is 0 Å². The molecule has 3 heteroatoms. The second kappa shape index (κ2) is 8.72. The van der Waals surface area contributed by atoms with E-state index in [0.717, 1.165) is 32.1 Å². The first-order valence-corrected chi connectivity index (χ1v) is 8.39. The van der Waals surface area contributed by atoms with Crippen molar-refractivity contribution in [3.8, 4) is 0 Å². The zero-order chi connectivity index (χ0) is 14.3. The molecule has 1 unspecified atom stereocenters. The zero-order valence-corrected chi connectivity index (χ0v) is 14.0. The molecule has 0 aliphatic rings. The number of nitrogens with one attached hydrogen (secondary N) is 1. The van der Waals surface area contributed by atoms with Gasteiger partial charge in [-0.05, 0) is 36.4 Å².